The van der Waals surface area contributed by atoms with Crippen LogP contribution in [0.25, 0.3) is 21.9 Å². The van der Waals surface area contributed by atoms with Crippen LogP contribution in [0.4, 0.5) is 5.82 Å². The van der Waals surface area contributed by atoms with Gasteiger partial charge in [0.15, 0.2) is 35.3 Å². The Balaban J connectivity index is 1.13. The van der Waals surface area contributed by atoms with E-state index in [9.17, 15) is 19.6 Å². The van der Waals surface area contributed by atoms with E-state index in [0.717, 1.165) is 38.6 Å². The Labute approximate surface area is 456 Å². The number of hydrogen-bond acceptors (Lipinski definition) is 16. The highest BCUT2D eigenvalue weighted by molar-refractivity contribution is 7.44. The van der Waals surface area contributed by atoms with Crippen LogP contribution in [-0.2, 0) is 52.7 Å². The van der Waals surface area contributed by atoms with Crippen LogP contribution in [0.5, 0.6) is 0 Å². The summed E-state index contributed by atoms with van der Waals surface area (Å²) in [5, 5.41) is 14.8. The maximum Gasteiger partial charge on any atom is 0.303 e. The largest absolute Gasteiger partial charge is 0.456 e. The van der Waals surface area contributed by atoms with Gasteiger partial charge in [-0.2, -0.15) is 5.26 Å². The lowest BCUT2D eigenvalue weighted by molar-refractivity contribution is -0.187. The Kier molecular flexibility index (Phi) is 17.3. The smallest absolute Gasteiger partial charge is 0.303 e. The highest BCUT2D eigenvalue weighted by Gasteiger charge is 2.51. The lowest BCUT2D eigenvalue weighted by Crippen LogP contribution is -2.49. The first-order chi connectivity index (χ1) is 37.6. The number of imidazole rings is 1. The first kappa shape index (κ1) is 55.6. The van der Waals surface area contributed by atoms with Gasteiger partial charge < -0.3 is 38.0 Å². The third-order valence-electron chi connectivity index (χ3n) is 14.1. The first-order valence-corrected chi connectivity index (χ1v) is 27.4. The van der Waals surface area contributed by atoms with Crippen LogP contribution in [0.1, 0.15) is 119 Å². The number of aromatic nitrogens is 4. The molecule has 2 aromatic heterocycles. The van der Waals surface area contributed by atoms with Crippen LogP contribution in [0, 0.1) is 25.2 Å². The quantitative estimate of drug-likeness (QED) is 0.0248. The summed E-state index contributed by atoms with van der Waals surface area (Å²) < 4.78 is 50.2. The van der Waals surface area contributed by atoms with Crippen LogP contribution in [0.15, 0.2) is 128 Å². The molecule has 1 unspecified atom stereocenters. The number of anilines is 1. The zero-order valence-electron chi connectivity index (χ0n) is 45.4. The van der Waals surface area contributed by atoms with Crippen molar-refractivity contribution >= 4 is 54.2 Å². The second-order valence-electron chi connectivity index (χ2n) is 20.3. The Morgan fingerprint density at radius 2 is 1.40 bits per heavy atom. The third kappa shape index (κ3) is 11.7. The fourth-order valence-corrected chi connectivity index (χ4v) is 12.5. The highest BCUT2D eigenvalue weighted by Crippen LogP contribution is 2.52. The molecule has 0 spiro atoms. The molecule has 1 aliphatic carbocycles. The molecule has 3 heterocycles. The number of nitrogens with one attached hydrogen (secondary N) is 1. The van der Waals surface area contributed by atoms with Gasteiger partial charge in [0, 0.05) is 44.8 Å². The number of rotatable bonds is 20. The molecule has 0 amide bonds. The average Bonchev–Trinajstić information content (AvgIpc) is 4.14. The Morgan fingerprint density at radius 3 is 2.03 bits per heavy atom. The molecule has 8 atom stereocenters. The van der Waals surface area contributed by atoms with Crippen molar-refractivity contribution in [3.8, 4) is 6.07 Å². The lowest BCUT2D eigenvalue weighted by atomic mass is 9.78. The molecular formula is C60H66N7O10P. The van der Waals surface area contributed by atoms with Crippen LogP contribution in [0.2, 0.25) is 0 Å². The van der Waals surface area contributed by atoms with E-state index in [1.54, 1.807) is 6.33 Å². The van der Waals surface area contributed by atoms with Crippen molar-refractivity contribution in [2.45, 2.75) is 136 Å². The lowest BCUT2D eigenvalue weighted by Gasteiger charge is -2.42. The Hall–Kier alpha value is -7.16. The highest BCUT2D eigenvalue weighted by atomic mass is 31.2. The topological polar surface area (TPSA) is 198 Å². The third-order valence-corrected chi connectivity index (χ3v) is 16.2. The minimum atomic E-state index is -1.73. The van der Waals surface area contributed by atoms with E-state index in [1.807, 2.05) is 59.2 Å². The maximum absolute atomic E-state index is 13.0. The van der Waals surface area contributed by atoms with E-state index < -0.39 is 74.8 Å². The van der Waals surface area contributed by atoms with Crippen molar-refractivity contribution in [2.24, 2.45) is 0 Å². The van der Waals surface area contributed by atoms with E-state index >= 15 is 0 Å². The molecule has 2 aliphatic rings. The molecular weight excluding hydrogens is 1010 g/mol. The number of esters is 3. The molecule has 1 saturated heterocycles. The molecule has 1 fully saturated rings. The zero-order chi connectivity index (χ0) is 55.3. The van der Waals surface area contributed by atoms with Crippen molar-refractivity contribution in [1.82, 2.24) is 24.2 Å². The average molecular weight is 1080 g/mol. The molecule has 18 heteroatoms. The van der Waals surface area contributed by atoms with Crippen molar-refractivity contribution < 1.29 is 47.1 Å². The fourth-order valence-electron chi connectivity index (χ4n) is 10.8. The molecule has 17 nitrogen and oxygen atoms in total. The normalized spacial score (nSPS) is 20.6. The minimum absolute atomic E-state index is 0.0337. The number of ether oxygens (including phenoxy) is 5. The van der Waals surface area contributed by atoms with Gasteiger partial charge in [-0.05, 0) is 74.6 Å². The number of nitriles is 1. The molecule has 0 radical (unpaired) electrons. The first-order valence-electron chi connectivity index (χ1n) is 26.3. The van der Waals surface area contributed by atoms with Gasteiger partial charge in [0.05, 0.1) is 44.2 Å². The van der Waals surface area contributed by atoms with Crippen LogP contribution >= 0.6 is 8.53 Å². The molecule has 1 aliphatic heterocycles. The fraction of sp³-hybridized carbons (Fsp3) is 0.383. The van der Waals surface area contributed by atoms with E-state index in [1.165, 1.54) is 27.1 Å². The van der Waals surface area contributed by atoms with Gasteiger partial charge in [-0.25, -0.2) is 19.6 Å². The Bertz CT molecular complexity index is 3220. The summed E-state index contributed by atoms with van der Waals surface area (Å²) in [6.07, 6.45) is -2.02. The summed E-state index contributed by atoms with van der Waals surface area (Å²) in [6, 6.07) is 39.8. The molecule has 7 aromatic rings. The van der Waals surface area contributed by atoms with E-state index in [2.05, 4.69) is 118 Å². The van der Waals surface area contributed by atoms with Gasteiger partial charge in [-0.3, -0.25) is 19.0 Å². The van der Waals surface area contributed by atoms with Gasteiger partial charge in [0.1, 0.15) is 24.3 Å². The number of aryl methyl sites for hydroxylation is 2. The maximum atomic E-state index is 13.0. The summed E-state index contributed by atoms with van der Waals surface area (Å²) in [7, 11) is -1.73. The summed E-state index contributed by atoms with van der Waals surface area (Å²) in [5.41, 5.74) is 5.92. The predicted molar refractivity (Wildman–Crippen MR) is 294 cm³/mol. The second kappa shape index (κ2) is 24.2. The van der Waals surface area contributed by atoms with Gasteiger partial charge in [-0.15, -0.1) is 0 Å². The van der Waals surface area contributed by atoms with Gasteiger partial charge >= 0.3 is 17.9 Å². The molecule has 0 bridgehead atoms. The molecule has 0 saturated carbocycles. The molecule has 1 N–H and O–H groups in total. The van der Waals surface area contributed by atoms with Gasteiger partial charge in [0.2, 0.25) is 0 Å². The number of benzene rings is 5. The SMILES string of the molecule is CC(=O)O[C@@H]1[C@H](OC(C)=O)[C@@H](Nc2ncnc3c2ncn3[C@H]2C[C@H](OP(OCCC#N)N(C(C)C)C(C)C)[C@@H](COC(c3ccccc3)(c3ccc(C)cc3)c3ccc(C)cc3)O2)c2c(ccc3ccccc23)[C@H]1OC(C)=O. The van der Waals surface area contributed by atoms with Crippen molar-refractivity contribution in [3.63, 3.8) is 0 Å². The zero-order valence-corrected chi connectivity index (χ0v) is 46.3. The van der Waals surface area contributed by atoms with E-state index in [0.29, 0.717) is 28.7 Å². The van der Waals surface area contributed by atoms with Crippen LogP contribution < -0.4 is 5.32 Å². The number of fused-ring (bicyclic) bond motifs is 4. The van der Waals surface area contributed by atoms with Gasteiger partial charge in [0.25, 0.3) is 8.53 Å². The molecule has 9 rings (SSSR count). The summed E-state index contributed by atoms with van der Waals surface area (Å²) in [5.74, 6) is -1.65. The predicted octanol–water partition coefficient (Wildman–Crippen LogP) is 11.2. The second-order valence-corrected chi connectivity index (χ2v) is 21.7. The standard InChI is InChI=1S/C60H66N7O10P/c1-36(2)67(37(3)4)78(72-31-15-30-61)77-49-32-51(76-50(49)33-71-60(44-17-11-10-12-18-44,45-25-20-38(5)21-26-45)46-27-22-39(6)23-28-46)66-35-64-54-58(62-34-63-59(54)66)65-53-52-47-19-14-13-16-43(47)24-29-48(52)55(73-40(7)68)57(75-42(9)70)56(53)74-41(8)69/h10-14,16-29,34-37,49-51,53,55-57H,15,31-33H2,1-9H3,(H,62,63,65)/t49-,50+,51+,53-,55+,56+,57-,78?/m0/s1. The number of hydrogen-bond donors (Lipinski definition) is 1. The minimum Gasteiger partial charge on any atom is -0.456 e. The Morgan fingerprint density at radius 1 is 0.782 bits per heavy atom. The summed E-state index contributed by atoms with van der Waals surface area (Å²) in [6.45, 7) is 16.5. The molecule has 406 valence electrons. The molecule has 5 aromatic carbocycles. The van der Waals surface area contributed by atoms with Gasteiger partial charge in [-0.1, -0.05) is 126 Å². The molecule has 78 heavy (non-hydrogen) atoms. The monoisotopic (exact) mass is 1080 g/mol. The van der Waals surface area contributed by atoms with Crippen LogP contribution in [0.3, 0.4) is 0 Å². The van der Waals surface area contributed by atoms with Crippen LogP contribution in [-0.4, -0.2) is 91.8 Å². The van der Waals surface area contributed by atoms with E-state index in [-0.39, 0.29) is 37.5 Å². The summed E-state index contributed by atoms with van der Waals surface area (Å²) >= 11 is 0. The number of carbonyl (C=O) groups is 3. The van der Waals surface area contributed by atoms with Crippen molar-refractivity contribution in [1.29, 1.82) is 5.26 Å². The van der Waals surface area contributed by atoms with Crippen molar-refractivity contribution in [3.05, 3.63) is 167 Å². The summed E-state index contributed by atoms with van der Waals surface area (Å²) in [4.78, 5) is 53.0. The number of carbonyl (C=O) groups excluding carboxylic acids is 3. The van der Waals surface area contributed by atoms with E-state index in [4.69, 9.17) is 47.7 Å². The van der Waals surface area contributed by atoms with Crippen molar-refractivity contribution in [2.75, 3.05) is 18.5 Å². The number of nitrogens with zero attached hydrogens (tertiary/aromatic N) is 6.